The monoisotopic (exact) mass is 135 g/mol. The molecule has 10 heavy (non-hydrogen) atoms. The van der Waals surface area contributed by atoms with Crippen molar-refractivity contribution in [2.24, 2.45) is 10.9 Å². The summed E-state index contributed by atoms with van der Waals surface area (Å²) in [6, 6.07) is 0.332. The molecule has 0 aromatic heterocycles. The molecule has 52 valence electrons. The van der Waals surface area contributed by atoms with Crippen LogP contribution in [0.25, 0.3) is 0 Å². The fourth-order valence-corrected chi connectivity index (χ4v) is 1.22. The molecule has 0 bridgehead atoms. The molecule has 2 nitrogen and oxygen atoms in total. The molecule has 2 heteroatoms. The molecule has 0 N–H and O–H groups in total. The first-order chi connectivity index (χ1) is 4.97. The van der Waals surface area contributed by atoms with Crippen LogP contribution in [-0.2, 0) is 4.74 Å². The van der Waals surface area contributed by atoms with Crippen LogP contribution >= 0.6 is 0 Å². The summed E-state index contributed by atoms with van der Waals surface area (Å²) >= 11 is 0. The van der Waals surface area contributed by atoms with Crippen LogP contribution in [0.1, 0.15) is 0 Å². The van der Waals surface area contributed by atoms with Gasteiger partial charge < -0.3 is 4.74 Å². The van der Waals surface area contributed by atoms with Crippen molar-refractivity contribution >= 4 is 6.21 Å². The van der Waals surface area contributed by atoms with E-state index >= 15 is 0 Å². The summed E-state index contributed by atoms with van der Waals surface area (Å²) in [6.07, 6.45) is 9.69. The molecule has 0 saturated heterocycles. The van der Waals surface area contributed by atoms with Crippen LogP contribution in [0.5, 0.6) is 0 Å². The molecule has 0 aromatic rings. The predicted octanol–water partition coefficient (Wildman–Crippen LogP) is 1.16. The molecular formula is C8H9NO. The third-order valence-corrected chi connectivity index (χ3v) is 1.80. The Bertz CT molecular complexity index is 205. The Balaban J connectivity index is 2.21. The summed E-state index contributed by atoms with van der Waals surface area (Å²) in [5, 5.41) is 0. The van der Waals surface area contributed by atoms with Gasteiger partial charge in [-0.2, -0.15) is 0 Å². The van der Waals surface area contributed by atoms with Crippen molar-refractivity contribution in [2.75, 3.05) is 6.61 Å². The lowest BCUT2D eigenvalue weighted by molar-refractivity contribution is 0.189. The Labute approximate surface area is 59.9 Å². The zero-order valence-electron chi connectivity index (χ0n) is 5.60. The van der Waals surface area contributed by atoms with E-state index in [1.54, 1.807) is 6.26 Å². The second-order valence-corrected chi connectivity index (χ2v) is 2.50. The Kier molecular flexibility index (Phi) is 1.31. The van der Waals surface area contributed by atoms with Crippen LogP contribution in [0.2, 0.25) is 0 Å². The summed E-state index contributed by atoms with van der Waals surface area (Å²) < 4.78 is 5.13. The summed E-state index contributed by atoms with van der Waals surface area (Å²) in [6.45, 7) is 0.773. The molecule has 0 spiro atoms. The highest BCUT2D eigenvalue weighted by Gasteiger charge is 2.19. The van der Waals surface area contributed by atoms with E-state index in [-0.39, 0.29) is 0 Å². The van der Waals surface area contributed by atoms with Crippen LogP contribution in [0, 0.1) is 5.92 Å². The molecule has 2 atom stereocenters. The van der Waals surface area contributed by atoms with Gasteiger partial charge in [-0.15, -0.1) is 0 Å². The Morgan fingerprint density at radius 1 is 1.40 bits per heavy atom. The topological polar surface area (TPSA) is 21.6 Å². The van der Waals surface area contributed by atoms with E-state index in [1.165, 1.54) is 0 Å². The summed E-state index contributed by atoms with van der Waals surface area (Å²) in [5.74, 6) is 0.468. The van der Waals surface area contributed by atoms with Gasteiger partial charge in [0.15, 0.2) is 0 Å². The van der Waals surface area contributed by atoms with E-state index in [2.05, 4.69) is 11.1 Å². The first-order valence-electron chi connectivity index (χ1n) is 3.45. The van der Waals surface area contributed by atoms with Crippen LogP contribution in [0.4, 0.5) is 0 Å². The molecule has 0 fully saturated rings. The molecule has 2 unspecified atom stereocenters. The molecular weight excluding hydrogens is 126 g/mol. The quantitative estimate of drug-likeness (QED) is 0.488. The number of fused-ring (bicyclic) bond motifs is 1. The maximum atomic E-state index is 5.13. The number of dihydropyridines is 1. The smallest absolute Gasteiger partial charge is 0.0959 e. The van der Waals surface area contributed by atoms with Gasteiger partial charge in [0.1, 0.15) is 0 Å². The van der Waals surface area contributed by atoms with E-state index in [1.807, 2.05) is 18.4 Å². The maximum Gasteiger partial charge on any atom is 0.0959 e. The number of nitrogens with zero attached hydrogens (tertiary/aromatic N) is 1. The van der Waals surface area contributed by atoms with Gasteiger partial charge in [-0.3, -0.25) is 4.99 Å². The number of rotatable bonds is 0. The largest absolute Gasteiger partial charge is 0.501 e. The van der Waals surface area contributed by atoms with Gasteiger partial charge in [0.2, 0.25) is 0 Å². The predicted molar refractivity (Wildman–Crippen MR) is 40.0 cm³/mol. The van der Waals surface area contributed by atoms with Crippen molar-refractivity contribution in [2.45, 2.75) is 6.04 Å². The van der Waals surface area contributed by atoms with Gasteiger partial charge in [-0.1, -0.05) is 6.08 Å². The molecule has 2 heterocycles. The molecule has 2 aliphatic rings. The second-order valence-electron chi connectivity index (χ2n) is 2.50. The van der Waals surface area contributed by atoms with Gasteiger partial charge in [0.05, 0.1) is 18.9 Å². The van der Waals surface area contributed by atoms with Gasteiger partial charge in [0.25, 0.3) is 0 Å². The highest BCUT2D eigenvalue weighted by molar-refractivity contribution is 5.72. The fourth-order valence-electron chi connectivity index (χ4n) is 1.22. The third-order valence-electron chi connectivity index (χ3n) is 1.80. The second kappa shape index (κ2) is 2.29. The summed E-state index contributed by atoms with van der Waals surface area (Å²) in [5.41, 5.74) is 0. The van der Waals surface area contributed by atoms with Crippen LogP contribution in [-0.4, -0.2) is 18.9 Å². The van der Waals surface area contributed by atoms with Gasteiger partial charge in [-0.05, 0) is 12.2 Å². The number of aliphatic imine (C=N–C) groups is 1. The van der Waals surface area contributed by atoms with E-state index in [4.69, 9.17) is 4.74 Å². The van der Waals surface area contributed by atoms with Gasteiger partial charge >= 0.3 is 0 Å². The highest BCUT2D eigenvalue weighted by Crippen LogP contribution is 2.18. The summed E-state index contributed by atoms with van der Waals surface area (Å²) in [7, 11) is 0. The number of allylic oxidation sites excluding steroid dienone is 1. The van der Waals surface area contributed by atoms with E-state index in [0.717, 1.165) is 6.61 Å². The lowest BCUT2D eigenvalue weighted by atomic mass is 9.98. The lowest BCUT2D eigenvalue weighted by Gasteiger charge is -2.23. The Morgan fingerprint density at radius 2 is 2.40 bits per heavy atom. The van der Waals surface area contributed by atoms with Gasteiger partial charge in [-0.25, -0.2) is 0 Å². The number of ether oxygens (including phenoxy) is 1. The standard InChI is InChI=1S/C8H9NO/c1-2-7-6-10-5-3-8(7)9-4-1/h1-5,7-8H,6H2. The zero-order valence-corrected chi connectivity index (χ0v) is 5.60. The number of hydrogen-bond donors (Lipinski definition) is 0. The van der Waals surface area contributed by atoms with Crippen molar-refractivity contribution in [1.29, 1.82) is 0 Å². The minimum atomic E-state index is 0.332. The first-order valence-corrected chi connectivity index (χ1v) is 3.45. The fraction of sp³-hybridized carbons (Fsp3) is 0.375. The number of hydrogen-bond acceptors (Lipinski definition) is 2. The Hall–Kier alpha value is -1.05. The normalized spacial score (nSPS) is 35.2. The molecule has 0 saturated carbocycles. The molecule has 0 amide bonds. The van der Waals surface area contributed by atoms with E-state index < -0.39 is 0 Å². The van der Waals surface area contributed by atoms with Crippen molar-refractivity contribution in [3.05, 3.63) is 24.5 Å². The minimum Gasteiger partial charge on any atom is -0.501 e. The summed E-state index contributed by atoms with van der Waals surface area (Å²) in [4.78, 5) is 4.27. The van der Waals surface area contributed by atoms with E-state index in [9.17, 15) is 0 Å². The molecule has 2 aliphatic heterocycles. The van der Waals surface area contributed by atoms with Crippen molar-refractivity contribution in [3.8, 4) is 0 Å². The van der Waals surface area contributed by atoms with Gasteiger partial charge in [0, 0.05) is 12.1 Å². The highest BCUT2D eigenvalue weighted by atomic mass is 16.5. The van der Waals surface area contributed by atoms with Crippen LogP contribution in [0.15, 0.2) is 29.5 Å². The maximum absolute atomic E-state index is 5.13. The van der Waals surface area contributed by atoms with Crippen LogP contribution in [0.3, 0.4) is 0 Å². The molecule has 2 rings (SSSR count). The average Bonchev–Trinajstić information content (AvgIpc) is 2.05. The van der Waals surface area contributed by atoms with Crippen molar-refractivity contribution in [3.63, 3.8) is 0 Å². The molecule has 0 radical (unpaired) electrons. The van der Waals surface area contributed by atoms with Crippen molar-refractivity contribution in [1.82, 2.24) is 0 Å². The zero-order chi connectivity index (χ0) is 6.81. The molecule has 0 aromatic carbocycles. The first kappa shape index (κ1) is 5.71. The van der Waals surface area contributed by atoms with Crippen molar-refractivity contribution < 1.29 is 4.74 Å². The van der Waals surface area contributed by atoms with Crippen LogP contribution < -0.4 is 0 Å². The average molecular weight is 135 g/mol. The minimum absolute atomic E-state index is 0.332. The van der Waals surface area contributed by atoms with E-state index in [0.29, 0.717) is 12.0 Å². The SMILES string of the molecule is C1=CC2COC=CC2N=C1. The third kappa shape index (κ3) is 0.856. The Morgan fingerprint density at radius 3 is 3.30 bits per heavy atom. The molecule has 0 aliphatic carbocycles. The lowest BCUT2D eigenvalue weighted by Crippen LogP contribution is -2.24.